The minimum atomic E-state index is -3.05. The minimum Gasteiger partial charge on any atom is -0.357 e. The van der Waals surface area contributed by atoms with Gasteiger partial charge in [-0.2, -0.15) is 0 Å². The molecule has 0 saturated carbocycles. The van der Waals surface area contributed by atoms with Crippen LogP contribution in [0.25, 0.3) is 0 Å². The first-order valence-electron chi connectivity index (χ1n) is 10.5. The molecule has 2 N–H and O–H groups in total. The first kappa shape index (κ1) is 27.9. The molecule has 0 aliphatic carbocycles. The van der Waals surface area contributed by atoms with Crippen LogP contribution in [0, 0.1) is 5.92 Å². The lowest BCUT2D eigenvalue weighted by molar-refractivity contribution is 0.280. The fourth-order valence-corrected chi connectivity index (χ4v) is 4.30. The Labute approximate surface area is 190 Å². The van der Waals surface area contributed by atoms with Crippen molar-refractivity contribution in [1.29, 1.82) is 0 Å². The quantitative estimate of drug-likeness (QED) is 0.243. The summed E-state index contributed by atoms with van der Waals surface area (Å²) in [7, 11) is -3.05. The minimum absolute atomic E-state index is 0. The number of hydrogen-bond acceptors (Lipinski definition) is 4. The normalized spacial score (nSPS) is 18.0. The van der Waals surface area contributed by atoms with Gasteiger partial charge in [0.15, 0.2) is 5.96 Å². The van der Waals surface area contributed by atoms with E-state index in [-0.39, 0.29) is 24.0 Å². The van der Waals surface area contributed by atoms with E-state index in [1.165, 1.54) is 12.7 Å². The van der Waals surface area contributed by atoms with E-state index in [2.05, 4.69) is 43.2 Å². The molecule has 0 aromatic rings. The first-order chi connectivity index (χ1) is 12.8. The van der Waals surface area contributed by atoms with Gasteiger partial charge in [-0.25, -0.2) is 12.7 Å². The molecule has 0 bridgehead atoms. The van der Waals surface area contributed by atoms with E-state index in [1.807, 2.05) is 0 Å². The third kappa shape index (κ3) is 11.2. The number of sulfonamides is 1. The number of rotatable bonds is 11. The number of piperidine rings is 1. The van der Waals surface area contributed by atoms with Gasteiger partial charge in [0.05, 0.1) is 6.26 Å². The summed E-state index contributed by atoms with van der Waals surface area (Å²) in [6.07, 6.45) is 5.36. The first-order valence-corrected chi connectivity index (χ1v) is 12.4. The van der Waals surface area contributed by atoms with E-state index in [4.69, 9.17) is 4.99 Å². The molecule has 1 heterocycles. The highest BCUT2D eigenvalue weighted by atomic mass is 127. The maximum atomic E-state index is 11.6. The Morgan fingerprint density at radius 3 is 2.32 bits per heavy atom. The molecule has 7 nitrogen and oxygen atoms in total. The molecule has 1 fully saturated rings. The zero-order valence-corrected chi connectivity index (χ0v) is 21.6. The fraction of sp³-hybridized carbons (Fsp3) is 0.947. The van der Waals surface area contributed by atoms with E-state index >= 15 is 0 Å². The molecule has 0 aromatic carbocycles. The molecule has 0 radical (unpaired) electrons. The predicted molar refractivity (Wildman–Crippen MR) is 130 cm³/mol. The van der Waals surface area contributed by atoms with Gasteiger partial charge in [0.1, 0.15) is 0 Å². The number of guanidine groups is 1. The van der Waals surface area contributed by atoms with Crippen molar-refractivity contribution < 1.29 is 8.42 Å². The van der Waals surface area contributed by atoms with E-state index in [0.717, 1.165) is 57.9 Å². The van der Waals surface area contributed by atoms with Crippen LogP contribution in [0.5, 0.6) is 0 Å². The summed E-state index contributed by atoms with van der Waals surface area (Å²) in [4.78, 5) is 7.21. The van der Waals surface area contributed by atoms with Gasteiger partial charge in [-0.1, -0.05) is 13.8 Å². The van der Waals surface area contributed by atoms with Gasteiger partial charge < -0.3 is 15.5 Å². The molecule has 0 aromatic heterocycles. The fourth-order valence-electron chi connectivity index (χ4n) is 3.43. The zero-order valence-electron chi connectivity index (χ0n) is 18.4. The highest BCUT2D eigenvalue weighted by Crippen LogP contribution is 2.19. The highest BCUT2D eigenvalue weighted by Gasteiger charge is 2.24. The van der Waals surface area contributed by atoms with E-state index < -0.39 is 10.0 Å². The molecule has 9 heteroatoms. The summed E-state index contributed by atoms with van der Waals surface area (Å²) in [5.41, 5.74) is 0. The van der Waals surface area contributed by atoms with Gasteiger partial charge >= 0.3 is 0 Å². The lowest BCUT2D eigenvalue weighted by Crippen LogP contribution is -2.43. The lowest BCUT2D eigenvalue weighted by atomic mass is 9.98. The standard InChI is InChI=1S/C19H41N5O2S.HI/c1-6-20-19(22-17(4)10-9-13-23(7-2)8-3)21-16-18-11-14-24(15-12-18)27(5,25)26;/h17-18H,6-16H2,1-5H3,(H2,20,21,22);1H. The summed E-state index contributed by atoms with van der Waals surface area (Å²) >= 11 is 0. The summed E-state index contributed by atoms with van der Waals surface area (Å²) in [6, 6.07) is 0.380. The maximum Gasteiger partial charge on any atom is 0.211 e. The maximum absolute atomic E-state index is 11.6. The molecule has 0 amide bonds. The zero-order chi connectivity index (χ0) is 20.3. The van der Waals surface area contributed by atoms with Gasteiger partial charge in [-0.05, 0) is 65.1 Å². The van der Waals surface area contributed by atoms with Crippen LogP contribution in [0.2, 0.25) is 0 Å². The van der Waals surface area contributed by atoms with Crippen molar-refractivity contribution in [2.45, 2.75) is 59.4 Å². The summed E-state index contributed by atoms with van der Waals surface area (Å²) < 4.78 is 24.8. The molecule has 1 rings (SSSR count). The van der Waals surface area contributed by atoms with Crippen LogP contribution in [0.1, 0.15) is 53.4 Å². The van der Waals surface area contributed by atoms with Crippen LogP contribution in [0.4, 0.5) is 0 Å². The molecule has 28 heavy (non-hydrogen) atoms. The average Bonchev–Trinajstić information content (AvgIpc) is 2.63. The summed E-state index contributed by atoms with van der Waals surface area (Å²) in [6.45, 7) is 14.9. The Morgan fingerprint density at radius 1 is 1.21 bits per heavy atom. The summed E-state index contributed by atoms with van der Waals surface area (Å²) in [5.74, 6) is 1.33. The molecule has 1 aliphatic rings. The van der Waals surface area contributed by atoms with Gasteiger partial charge in [0.25, 0.3) is 0 Å². The second-order valence-corrected chi connectivity index (χ2v) is 9.52. The van der Waals surface area contributed by atoms with Crippen LogP contribution in [-0.4, -0.2) is 81.7 Å². The van der Waals surface area contributed by atoms with Gasteiger partial charge in [-0.3, -0.25) is 4.99 Å². The van der Waals surface area contributed by atoms with Crippen molar-refractivity contribution >= 4 is 40.0 Å². The SMILES string of the molecule is CCNC(=NCC1CCN(S(C)(=O)=O)CC1)NC(C)CCCN(CC)CC.I. The van der Waals surface area contributed by atoms with Crippen molar-refractivity contribution in [3.05, 3.63) is 0 Å². The second-order valence-electron chi connectivity index (χ2n) is 7.54. The molecule has 1 unspecified atom stereocenters. The molecule has 168 valence electrons. The second kappa shape index (κ2) is 14.8. The molecule has 1 aliphatic heterocycles. The van der Waals surface area contributed by atoms with Gasteiger partial charge in [0, 0.05) is 32.2 Å². The van der Waals surface area contributed by atoms with Crippen molar-refractivity contribution in [2.24, 2.45) is 10.9 Å². The Balaban J connectivity index is 0.00000729. The predicted octanol–water partition coefficient (Wildman–Crippen LogP) is 2.34. The summed E-state index contributed by atoms with van der Waals surface area (Å²) in [5, 5.41) is 6.84. The largest absolute Gasteiger partial charge is 0.357 e. The average molecular weight is 532 g/mol. The van der Waals surface area contributed by atoms with Crippen molar-refractivity contribution in [2.75, 3.05) is 52.1 Å². The third-order valence-corrected chi connectivity index (χ3v) is 6.59. The highest BCUT2D eigenvalue weighted by molar-refractivity contribution is 14.0. The number of hydrogen-bond donors (Lipinski definition) is 2. The number of nitrogens with zero attached hydrogens (tertiary/aromatic N) is 3. The number of halogens is 1. The lowest BCUT2D eigenvalue weighted by Gasteiger charge is -2.29. The van der Waals surface area contributed by atoms with E-state index in [1.54, 1.807) is 4.31 Å². The topological polar surface area (TPSA) is 77.0 Å². The Morgan fingerprint density at radius 2 is 1.82 bits per heavy atom. The van der Waals surface area contributed by atoms with E-state index in [9.17, 15) is 8.42 Å². The van der Waals surface area contributed by atoms with Crippen LogP contribution in [-0.2, 0) is 10.0 Å². The smallest absolute Gasteiger partial charge is 0.211 e. The molecule has 0 spiro atoms. The molecular formula is C19H42IN5O2S. The van der Waals surface area contributed by atoms with Crippen molar-refractivity contribution in [1.82, 2.24) is 19.8 Å². The van der Waals surface area contributed by atoms with Gasteiger partial charge in [0.2, 0.25) is 10.0 Å². The molecule has 1 saturated heterocycles. The van der Waals surface area contributed by atoms with Crippen LogP contribution in [0.15, 0.2) is 4.99 Å². The Kier molecular flexibility index (Phi) is 14.7. The number of nitrogens with one attached hydrogen (secondary N) is 2. The van der Waals surface area contributed by atoms with Crippen LogP contribution < -0.4 is 10.6 Å². The molecular weight excluding hydrogens is 489 g/mol. The Bertz CT molecular complexity index is 532. The number of aliphatic imine (C=N–C) groups is 1. The van der Waals surface area contributed by atoms with E-state index in [0.29, 0.717) is 25.0 Å². The monoisotopic (exact) mass is 531 g/mol. The van der Waals surface area contributed by atoms with Crippen LogP contribution >= 0.6 is 24.0 Å². The van der Waals surface area contributed by atoms with Crippen molar-refractivity contribution in [3.63, 3.8) is 0 Å². The van der Waals surface area contributed by atoms with Crippen molar-refractivity contribution in [3.8, 4) is 0 Å². The van der Waals surface area contributed by atoms with Gasteiger partial charge in [-0.15, -0.1) is 24.0 Å². The Hall–Kier alpha value is -0.130. The molecule has 1 atom stereocenters. The third-order valence-electron chi connectivity index (χ3n) is 5.28. The van der Waals surface area contributed by atoms with Crippen LogP contribution in [0.3, 0.4) is 0 Å².